The molecule has 4 heteroatoms. The zero-order valence-corrected chi connectivity index (χ0v) is 10.7. The monoisotopic (exact) mass is 249 g/mol. The number of aliphatic carboxylic acids is 1. The van der Waals surface area contributed by atoms with Gasteiger partial charge in [0.25, 0.3) is 0 Å². The zero-order chi connectivity index (χ0) is 13.5. The number of carboxylic acids is 1. The molecule has 0 aliphatic rings. The highest BCUT2D eigenvalue weighted by atomic mass is 16.4. The van der Waals surface area contributed by atoms with E-state index in [1.54, 1.807) is 24.3 Å². The van der Waals surface area contributed by atoms with E-state index in [-0.39, 0.29) is 12.2 Å². The third-order valence-corrected chi connectivity index (χ3v) is 2.53. The Balaban J connectivity index is 2.75. The Labute approximate surface area is 107 Å². The summed E-state index contributed by atoms with van der Waals surface area (Å²) in [5.74, 6) is -0.774. The van der Waals surface area contributed by atoms with Gasteiger partial charge in [-0.15, -0.1) is 0 Å². The van der Waals surface area contributed by atoms with Crippen LogP contribution in [-0.4, -0.2) is 29.4 Å². The fourth-order valence-corrected chi connectivity index (χ4v) is 1.61. The van der Waals surface area contributed by atoms with Crippen molar-refractivity contribution in [3.05, 3.63) is 35.9 Å². The normalized spacial score (nSPS) is 12.4. The number of ketones is 1. The van der Waals surface area contributed by atoms with Gasteiger partial charge in [0.05, 0.1) is 12.5 Å². The van der Waals surface area contributed by atoms with Crippen molar-refractivity contribution in [3.63, 3.8) is 0 Å². The van der Waals surface area contributed by atoms with Crippen molar-refractivity contribution >= 4 is 11.8 Å². The third kappa shape index (κ3) is 4.67. The number of Topliss-reactive ketones (excluding diaryl/α,β-unsaturated/α-hetero) is 1. The van der Waals surface area contributed by atoms with E-state index < -0.39 is 12.0 Å². The Morgan fingerprint density at radius 3 is 2.33 bits per heavy atom. The first-order valence-corrected chi connectivity index (χ1v) is 6.05. The van der Waals surface area contributed by atoms with Gasteiger partial charge in [-0.05, 0) is 12.5 Å². The second-order valence-electron chi connectivity index (χ2n) is 4.68. The molecule has 0 saturated carbocycles. The number of carbonyl (C=O) groups is 2. The van der Waals surface area contributed by atoms with Gasteiger partial charge >= 0.3 is 5.97 Å². The first-order chi connectivity index (χ1) is 8.50. The van der Waals surface area contributed by atoms with Crippen molar-refractivity contribution in [1.29, 1.82) is 0 Å². The predicted molar refractivity (Wildman–Crippen MR) is 69.7 cm³/mol. The summed E-state index contributed by atoms with van der Waals surface area (Å²) in [6, 6.07) is 8.11. The molecule has 0 radical (unpaired) electrons. The molecule has 0 amide bonds. The summed E-state index contributed by atoms with van der Waals surface area (Å²) in [7, 11) is 0. The van der Waals surface area contributed by atoms with E-state index in [1.165, 1.54) is 0 Å². The minimum Gasteiger partial charge on any atom is -0.481 e. The Kier molecular flexibility index (Phi) is 5.52. The molecule has 0 aliphatic heterocycles. The average Bonchev–Trinajstić information content (AvgIpc) is 2.34. The standard InChI is InChI=1S/C14H19NO3/c1-10(2)9-15-12(8-13(16)17)14(18)11-6-4-3-5-7-11/h3-7,10,12,15H,8-9H2,1-2H3,(H,16,17). The van der Waals surface area contributed by atoms with Gasteiger partial charge in [-0.2, -0.15) is 0 Å². The molecule has 0 bridgehead atoms. The van der Waals surface area contributed by atoms with E-state index in [9.17, 15) is 9.59 Å². The molecule has 18 heavy (non-hydrogen) atoms. The van der Waals surface area contributed by atoms with E-state index >= 15 is 0 Å². The van der Waals surface area contributed by atoms with Crippen molar-refractivity contribution in [1.82, 2.24) is 5.32 Å². The second kappa shape index (κ2) is 6.91. The van der Waals surface area contributed by atoms with E-state index in [0.717, 1.165) is 0 Å². The highest BCUT2D eigenvalue weighted by Crippen LogP contribution is 2.07. The molecular formula is C14H19NO3. The lowest BCUT2D eigenvalue weighted by molar-refractivity contribution is -0.137. The van der Waals surface area contributed by atoms with Crippen molar-refractivity contribution in [3.8, 4) is 0 Å². The molecule has 0 aliphatic carbocycles. The summed E-state index contributed by atoms with van der Waals surface area (Å²) in [4.78, 5) is 23.0. The summed E-state index contributed by atoms with van der Waals surface area (Å²) < 4.78 is 0. The van der Waals surface area contributed by atoms with Gasteiger partial charge in [0.2, 0.25) is 0 Å². The van der Waals surface area contributed by atoms with Crippen molar-refractivity contribution in [2.75, 3.05) is 6.54 Å². The van der Waals surface area contributed by atoms with Crippen LogP contribution in [0.15, 0.2) is 30.3 Å². The number of hydrogen-bond donors (Lipinski definition) is 2. The largest absolute Gasteiger partial charge is 0.481 e. The maximum atomic E-state index is 12.2. The quantitative estimate of drug-likeness (QED) is 0.725. The van der Waals surface area contributed by atoms with Gasteiger partial charge in [0, 0.05) is 5.56 Å². The van der Waals surface area contributed by atoms with Crippen LogP contribution in [0.2, 0.25) is 0 Å². The second-order valence-corrected chi connectivity index (χ2v) is 4.68. The Morgan fingerprint density at radius 2 is 1.83 bits per heavy atom. The van der Waals surface area contributed by atoms with Gasteiger partial charge in [-0.1, -0.05) is 44.2 Å². The van der Waals surface area contributed by atoms with E-state index in [4.69, 9.17) is 5.11 Å². The van der Waals surface area contributed by atoms with Crippen LogP contribution in [-0.2, 0) is 4.79 Å². The van der Waals surface area contributed by atoms with E-state index in [0.29, 0.717) is 18.0 Å². The fraction of sp³-hybridized carbons (Fsp3) is 0.429. The highest BCUT2D eigenvalue weighted by Gasteiger charge is 2.22. The van der Waals surface area contributed by atoms with Gasteiger partial charge < -0.3 is 10.4 Å². The third-order valence-electron chi connectivity index (χ3n) is 2.53. The van der Waals surface area contributed by atoms with Gasteiger partial charge in [-0.25, -0.2) is 0 Å². The zero-order valence-electron chi connectivity index (χ0n) is 10.7. The van der Waals surface area contributed by atoms with Crippen LogP contribution in [0, 0.1) is 5.92 Å². The minimum absolute atomic E-state index is 0.168. The molecule has 0 spiro atoms. The Hall–Kier alpha value is -1.68. The summed E-state index contributed by atoms with van der Waals surface area (Å²) in [6.07, 6.45) is -0.194. The molecule has 1 atom stereocenters. The summed E-state index contributed by atoms with van der Waals surface area (Å²) in [5.41, 5.74) is 0.542. The van der Waals surface area contributed by atoms with Crippen LogP contribution in [0.1, 0.15) is 30.6 Å². The lowest BCUT2D eigenvalue weighted by Crippen LogP contribution is -2.40. The lowest BCUT2D eigenvalue weighted by atomic mass is 10.0. The number of carboxylic acid groups (broad SMARTS) is 1. The van der Waals surface area contributed by atoms with Crippen LogP contribution in [0.5, 0.6) is 0 Å². The predicted octanol–water partition coefficient (Wildman–Crippen LogP) is 1.96. The average molecular weight is 249 g/mol. The maximum absolute atomic E-state index is 12.2. The van der Waals surface area contributed by atoms with E-state index in [2.05, 4.69) is 5.32 Å². The number of benzene rings is 1. The first-order valence-electron chi connectivity index (χ1n) is 6.05. The van der Waals surface area contributed by atoms with Gasteiger partial charge in [0.1, 0.15) is 0 Å². The molecule has 0 heterocycles. The fourth-order valence-electron chi connectivity index (χ4n) is 1.61. The van der Waals surface area contributed by atoms with Gasteiger partial charge in [0.15, 0.2) is 5.78 Å². The smallest absolute Gasteiger partial charge is 0.305 e. The number of carbonyl (C=O) groups excluding carboxylic acids is 1. The molecule has 1 aromatic rings. The topological polar surface area (TPSA) is 66.4 Å². The summed E-state index contributed by atoms with van der Waals surface area (Å²) >= 11 is 0. The Morgan fingerprint density at radius 1 is 1.22 bits per heavy atom. The van der Waals surface area contributed by atoms with E-state index in [1.807, 2.05) is 19.9 Å². The van der Waals surface area contributed by atoms with Crippen LogP contribution in [0.4, 0.5) is 0 Å². The molecule has 1 rings (SSSR count). The Bertz CT molecular complexity index is 401. The summed E-state index contributed by atoms with van der Waals surface area (Å²) in [6.45, 7) is 4.65. The van der Waals surface area contributed by atoms with Crippen molar-refractivity contribution in [2.45, 2.75) is 26.3 Å². The van der Waals surface area contributed by atoms with Crippen LogP contribution < -0.4 is 5.32 Å². The summed E-state index contributed by atoms with van der Waals surface area (Å²) in [5, 5.41) is 11.9. The van der Waals surface area contributed by atoms with Crippen LogP contribution >= 0.6 is 0 Å². The SMILES string of the molecule is CC(C)CNC(CC(=O)O)C(=O)c1ccccc1. The van der Waals surface area contributed by atoms with Crippen LogP contribution in [0.25, 0.3) is 0 Å². The van der Waals surface area contributed by atoms with Crippen molar-refractivity contribution < 1.29 is 14.7 Å². The molecule has 0 saturated heterocycles. The maximum Gasteiger partial charge on any atom is 0.305 e. The number of nitrogens with one attached hydrogen (secondary N) is 1. The molecule has 0 aromatic heterocycles. The highest BCUT2D eigenvalue weighted by molar-refractivity contribution is 6.01. The molecule has 0 fully saturated rings. The first kappa shape index (κ1) is 14.4. The molecule has 4 nitrogen and oxygen atoms in total. The molecule has 1 unspecified atom stereocenters. The molecule has 2 N–H and O–H groups in total. The van der Waals surface area contributed by atoms with Crippen molar-refractivity contribution in [2.24, 2.45) is 5.92 Å². The molecular weight excluding hydrogens is 230 g/mol. The minimum atomic E-state index is -0.972. The molecule has 98 valence electrons. The van der Waals surface area contributed by atoms with Gasteiger partial charge in [-0.3, -0.25) is 9.59 Å². The molecule has 1 aromatic carbocycles. The lowest BCUT2D eigenvalue weighted by Gasteiger charge is -2.17. The number of hydrogen-bond acceptors (Lipinski definition) is 3. The van der Waals surface area contributed by atoms with Crippen LogP contribution in [0.3, 0.4) is 0 Å². The number of rotatable bonds is 7.